The minimum Gasteiger partial charge on any atom is -0.454 e. The van der Waals surface area contributed by atoms with Crippen LogP contribution in [0.2, 0.25) is 0 Å². The number of carbonyl (C=O) groups excluding carboxylic acids is 1. The van der Waals surface area contributed by atoms with Gasteiger partial charge in [0.2, 0.25) is 12.7 Å². The Labute approximate surface area is 158 Å². The van der Waals surface area contributed by atoms with Crippen molar-refractivity contribution in [2.75, 3.05) is 18.7 Å². The Morgan fingerprint density at radius 2 is 2.00 bits per heavy atom. The van der Waals surface area contributed by atoms with E-state index >= 15 is 0 Å². The smallest absolute Gasteiger partial charge is 0.231 e. The van der Waals surface area contributed by atoms with E-state index in [0.29, 0.717) is 41.8 Å². The van der Waals surface area contributed by atoms with E-state index in [9.17, 15) is 9.18 Å². The van der Waals surface area contributed by atoms with Gasteiger partial charge in [-0.1, -0.05) is 18.2 Å². The van der Waals surface area contributed by atoms with Gasteiger partial charge in [-0.3, -0.25) is 9.69 Å². The molecule has 6 heteroatoms. The van der Waals surface area contributed by atoms with Crippen LogP contribution in [0, 0.1) is 5.82 Å². The molecule has 1 N–H and O–H groups in total. The molecule has 5 nitrogen and oxygen atoms in total. The average Bonchev–Trinajstić information content (AvgIpc) is 3.39. The molecule has 1 atom stereocenters. The zero-order chi connectivity index (χ0) is 18.8. The van der Waals surface area contributed by atoms with Crippen molar-refractivity contribution in [1.82, 2.24) is 4.90 Å². The number of rotatable bonds is 7. The number of ether oxygens (including phenoxy) is 2. The Kier molecular flexibility index (Phi) is 4.99. The van der Waals surface area contributed by atoms with E-state index in [4.69, 9.17) is 9.47 Å². The van der Waals surface area contributed by atoms with Gasteiger partial charge in [-0.15, -0.1) is 0 Å². The predicted molar refractivity (Wildman–Crippen MR) is 100 cm³/mol. The van der Waals surface area contributed by atoms with Gasteiger partial charge in [0.1, 0.15) is 5.82 Å². The molecule has 0 bridgehead atoms. The fourth-order valence-corrected chi connectivity index (χ4v) is 3.52. The summed E-state index contributed by atoms with van der Waals surface area (Å²) < 4.78 is 24.8. The number of anilines is 1. The maximum absolute atomic E-state index is 14.2. The molecular formula is C21H23FN2O3. The molecule has 1 amide bonds. The van der Waals surface area contributed by atoms with E-state index in [1.807, 2.05) is 19.1 Å². The quantitative estimate of drug-likeness (QED) is 0.797. The second-order valence-corrected chi connectivity index (χ2v) is 7.03. The van der Waals surface area contributed by atoms with Gasteiger partial charge in [-0.2, -0.15) is 0 Å². The summed E-state index contributed by atoms with van der Waals surface area (Å²) in [7, 11) is 0. The zero-order valence-electron chi connectivity index (χ0n) is 15.3. The van der Waals surface area contributed by atoms with E-state index in [1.54, 1.807) is 24.3 Å². The van der Waals surface area contributed by atoms with E-state index < -0.39 is 0 Å². The van der Waals surface area contributed by atoms with E-state index in [1.165, 1.54) is 6.07 Å². The van der Waals surface area contributed by atoms with Crippen LogP contribution in [-0.2, 0) is 4.79 Å². The van der Waals surface area contributed by atoms with Gasteiger partial charge in [0.05, 0.1) is 0 Å². The fourth-order valence-electron chi connectivity index (χ4n) is 3.52. The first-order chi connectivity index (χ1) is 13.1. The molecule has 0 spiro atoms. The lowest BCUT2D eigenvalue weighted by Gasteiger charge is -2.29. The monoisotopic (exact) mass is 370 g/mol. The summed E-state index contributed by atoms with van der Waals surface area (Å²) in [6.45, 7) is 2.81. The molecule has 2 aromatic carbocycles. The van der Waals surface area contributed by atoms with Gasteiger partial charge < -0.3 is 14.8 Å². The number of benzene rings is 2. The second kappa shape index (κ2) is 7.56. The third-order valence-electron chi connectivity index (χ3n) is 5.12. The van der Waals surface area contributed by atoms with Crippen molar-refractivity contribution in [3.63, 3.8) is 0 Å². The largest absolute Gasteiger partial charge is 0.454 e. The molecule has 2 aliphatic rings. The highest BCUT2D eigenvalue weighted by Crippen LogP contribution is 2.36. The van der Waals surface area contributed by atoms with E-state index in [0.717, 1.165) is 12.8 Å². The Balaban J connectivity index is 1.37. The van der Waals surface area contributed by atoms with Crippen LogP contribution in [0.15, 0.2) is 42.5 Å². The Morgan fingerprint density at radius 1 is 1.22 bits per heavy atom. The first kappa shape index (κ1) is 17.8. The molecule has 1 unspecified atom stereocenters. The third-order valence-corrected chi connectivity index (χ3v) is 5.12. The topological polar surface area (TPSA) is 50.8 Å². The van der Waals surface area contributed by atoms with Gasteiger partial charge in [0, 0.05) is 42.4 Å². The molecule has 1 heterocycles. The van der Waals surface area contributed by atoms with Crippen LogP contribution in [0.1, 0.15) is 37.8 Å². The highest BCUT2D eigenvalue weighted by molar-refractivity contribution is 5.91. The van der Waals surface area contributed by atoms with Crippen molar-refractivity contribution >= 4 is 11.6 Å². The highest BCUT2D eigenvalue weighted by Gasteiger charge is 2.33. The number of halogens is 1. The van der Waals surface area contributed by atoms with Gasteiger partial charge in [-0.25, -0.2) is 4.39 Å². The molecule has 1 fully saturated rings. The number of amides is 1. The van der Waals surface area contributed by atoms with Crippen LogP contribution in [0.25, 0.3) is 0 Å². The van der Waals surface area contributed by atoms with Gasteiger partial charge in [0.25, 0.3) is 0 Å². The minimum absolute atomic E-state index is 0.0583. The summed E-state index contributed by atoms with van der Waals surface area (Å²) in [4.78, 5) is 14.6. The summed E-state index contributed by atoms with van der Waals surface area (Å²) in [5, 5.41) is 2.90. The summed E-state index contributed by atoms with van der Waals surface area (Å²) in [6, 6.07) is 12.6. The number of fused-ring (bicyclic) bond motifs is 1. The lowest BCUT2D eigenvalue weighted by Crippen LogP contribution is -2.33. The zero-order valence-corrected chi connectivity index (χ0v) is 15.3. The molecule has 2 aromatic rings. The normalized spacial score (nSPS) is 16.4. The van der Waals surface area contributed by atoms with Crippen molar-refractivity contribution in [2.24, 2.45) is 0 Å². The Bertz CT molecular complexity index is 838. The maximum Gasteiger partial charge on any atom is 0.231 e. The summed E-state index contributed by atoms with van der Waals surface area (Å²) in [6.07, 6.45) is 2.55. The third kappa shape index (κ3) is 4.06. The SMILES string of the molecule is CC(c1ccccc1F)N(CCC(=O)Nc1ccc2c(c1)OCO2)C1CC1. The standard InChI is InChI=1S/C21H23FN2O3/c1-14(17-4-2-3-5-18(17)22)24(16-7-8-16)11-10-21(25)23-15-6-9-19-20(12-15)27-13-26-19/h2-6,9,12,14,16H,7-8,10-11,13H2,1H3,(H,23,25). The number of nitrogens with one attached hydrogen (secondary N) is 1. The minimum atomic E-state index is -0.194. The van der Waals surface area contributed by atoms with Crippen LogP contribution in [0.3, 0.4) is 0 Å². The van der Waals surface area contributed by atoms with Crippen molar-refractivity contribution < 1.29 is 18.7 Å². The Hall–Kier alpha value is -2.60. The molecule has 27 heavy (non-hydrogen) atoms. The van der Waals surface area contributed by atoms with Crippen LogP contribution < -0.4 is 14.8 Å². The first-order valence-corrected chi connectivity index (χ1v) is 9.31. The molecule has 0 radical (unpaired) electrons. The van der Waals surface area contributed by atoms with Gasteiger partial charge >= 0.3 is 0 Å². The van der Waals surface area contributed by atoms with Crippen LogP contribution >= 0.6 is 0 Å². The second-order valence-electron chi connectivity index (χ2n) is 7.03. The number of nitrogens with zero attached hydrogens (tertiary/aromatic N) is 1. The summed E-state index contributed by atoms with van der Waals surface area (Å²) >= 11 is 0. The predicted octanol–water partition coefficient (Wildman–Crippen LogP) is 4.11. The lowest BCUT2D eigenvalue weighted by atomic mass is 10.1. The maximum atomic E-state index is 14.2. The summed E-state index contributed by atoms with van der Waals surface area (Å²) in [5.74, 6) is 1.06. The van der Waals surface area contributed by atoms with E-state index in [2.05, 4.69) is 10.2 Å². The molecule has 1 aliphatic heterocycles. The van der Waals surface area contributed by atoms with Crippen molar-refractivity contribution in [3.8, 4) is 11.5 Å². The van der Waals surface area contributed by atoms with E-state index in [-0.39, 0.29) is 24.6 Å². The van der Waals surface area contributed by atoms with Crippen molar-refractivity contribution in [1.29, 1.82) is 0 Å². The number of hydrogen-bond donors (Lipinski definition) is 1. The van der Waals surface area contributed by atoms with Crippen molar-refractivity contribution in [3.05, 3.63) is 53.8 Å². The average molecular weight is 370 g/mol. The fraction of sp³-hybridized carbons (Fsp3) is 0.381. The highest BCUT2D eigenvalue weighted by atomic mass is 19.1. The van der Waals surface area contributed by atoms with Crippen LogP contribution in [0.5, 0.6) is 11.5 Å². The van der Waals surface area contributed by atoms with Gasteiger partial charge in [-0.05, 0) is 38.0 Å². The number of hydrogen-bond acceptors (Lipinski definition) is 4. The number of carbonyl (C=O) groups is 1. The first-order valence-electron chi connectivity index (χ1n) is 9.31. The van der Waals surface area contributed by atoms with Crippen LogP contribution in [-0.4, -0.2) is 30.2 Å². The van der Waals surface area contributed by atoms with Gasteiger partial charge in [0.15, 0.2) is 11.5 Å². The molecule has 0 aromatic heterocycles. The summed E-state index contributed by atoms with van der Waals surface area (Å²) in [5.41, 5.74) is 1.37. The molecule has 1 saturated carbocycles. The van der Waals surface area contributed by atoms with Crippen molar-refractivity contribution in [2.45, 2.75) is 38.3 Å². The molecular weight excluding hydrogens is 347 g/mol. The molecule has 0 saturated heterocycles. The molecule has 142 valence electrons. The molecule has 1 aliphatic carbocycles. The molecule has 4 rings (SSSR count). The lowest BCUT2D eigenvalue weighted by molar-refractivity contribution is -0.116. The Morgan fingerprint density at radius 3 is 2.78 bits per heavy atom. The van der Waals surface area contributed by atoms with Crippen LogP contribution in [0.4, 0.5) is 10.1 Å².